The minimum Gasteiger partial charge on any atom is -0.476 e. The molecule has 0 saturated carbocycles. The number of carbonyl (C=O) groups is 2. The van der Waals surface area contributed by atoms with Gasteiger partial charge in [0.15, 0.2) is 5.69 Å². The maximum atomic E-state index is 10.9. The van der Waals surface area contributed by atoms with Gasteiger partial charge in [-0.25, -0.2) is 14.8 Å². The van der Waals surface area contributed by atoms with Crippen LogP contribution in [0, 0.1) is 5.92 Å². The van der Waals surface area contributed by atoms with Gasteiger partial charge in [0.1, 0.15) is 5.82 Å². The fourth-order valence-corrected chi connectivity index (χ4v) is 2.25. The molecule has 1 aliphatic heterocycles. The summed E-state index contributed by atoms with van der Waals surface area (Å²) in [5.74, 6) is -0.342. The maximum absolute atomic E-state index is 10.9. The molecule has 0 unspecified atom stereocenters. The number of amides is 1. The molecule has 1 saturated heterocycles. The number of hydrogen-bond acceptors (Lipinski definition) is 5. The molecule has 1 aliphatic rings. The average Bonchev–Trinajstić information content (AvgIpc) is 2.39. The van der Waals surface area contributed by atoms with Crippen molar-refractivity contribution in [2.24, 2.45) is 11.7 Å². The normalized spacial score (nSPS) is 16.3. The van der Waals surface area contributed by atoms with Gasteiger partial charge in [0, 0.05) is 19.5 Å². The molecule has 0 spiro atoms. The number of anilines is 1. The predicted molar refractivity (Wildman–Crippen MR) is 67.7 cm³/mol. The molecule has 0 aliphatic carbocycles. The van der Waals surface area contributed by atoms with E-state index >= 15 is 0 Å². The van der Waals surface area contributed by atoms with E-state index in [-0.39, 0.29) is 11.6 Å². The first-order valence-corrected chi connectivity index (χ1v) is 6.15. The van der Waals surface area contributed by atoms with Gasteiger partial charge in [-0.3, -0.25) is 4.79 Å². The van der Waals surface area contributed by atoms with E-state index in [1.54, 1.807) is 0 Å². The molecule has 102 valence electrons. The zero-order valence-corrected chi connectivity index (χ0v) is 10.5. The van der Waals surface area contributed by atoms with Gasteiger partial charge in [-0.1, -0.05) is 0 Å². The topological polar surface area (TPSA) is 109 Å². The summed E-state index contributed by atoms with van der Waals surface area (Å²) in [7, 11) is 0. The van der Waals surface area contributed by atoms with Crippen LogP contribution >= 0.6 is 0 Å². The van der Waals surface area contributed by atoms with Crippen LogP contribution in [0.2, 0.25) is 0 Å². The Morgan fingerprint density at radius 2 is 2.00 bits per heavy atom. The van der Waals surface area contributed by atoms with Crippen molar-refractivity contribution in [3.05, 3.63) is 18.1 Å². The van der Waals surface area contributed by atoms with Crippen LogP contribution in [0.5, 0.6) is 0 Å². The fraction of sp³-hybridized carbons (Fsp3) is 0.500. The van der Waals surface area contributed by atoms with Crippen molar-refractivity contribution >= 4 is 17.7 Å². The molecule has 2 rings (SSSR count). The number of carboxylic acid groups (broad SMARTS) is 1. The highest BCUT2D eigenvalue weighted by atomic mass is 16.4. The number of carbonyl (C=O) groups excluding carboxylic acids is 1. The second-order valence-electron chi connectivity index (χ2n) is 4.67. The Balaban J connectivity index is 1.94. The van der Waals surface area contributed by atoms with E-state index in [1.165, 1.54) is 12.4 Å². The van der Waals surface area contributed by atoms with E-state index in [0.717, 1.165) is 25.9 Å². The number of piperidine rings is 1. The SMILES string of the molecule is NC(=O)CC1CCN(c2cnc(C(=O)O)cn2)CC1. The van der Waals surface area contributed by atoms with E-state index < -0.39 is 5.97 Å². The van der Waals surface area contributed by atoms with E-state index in [0.29, 0.717) is 18.2 Å². The molecule has 1 aromatic rings. The lowest BCUT2D eigenvalue weighted by Crippen LogP contribution is -2.35. The highest BCUT2D eigenvalue weighted by molar-refractivity contribution is 5.84. The second kappa shape index (κ2) is 5.64. The number of rotatable bonds is 4. The molecule has 1 aromatic heterocycles. The van der Waals surface area contributed by atoms with Gasteiger partial charge in [0.2, 0.25) is 5.91 Å². The third-order valence-electron chi connectivity index (χ3n) is 3.29. The van der Waals surface area contributed by atoms with Crippen LogP contribution in [0.3, 0.4) is 0 Å². The Morgan fingerprint density at radius 1 is 1.32 bits per heavy atom. The minimum absolute atomic E-state index is 0.0626. The average molecular weight is 264 g/mol. The van der Waals surface area contributed by atoms with Gasteiger partial charge in [0.05, 0.1) is 12.4 Å². The van der Waals surface area contributed by atoms with Gasteiger partial charge in [-0.2, -0.15) is 0 Å². The molecular formula is C12H16N4O3. The molecule has 3 N–H and O–H groups in total. The first-order chi connectivity index (χ1) is 9.06. The Labute approximate surface area is 110 Å². The fourth-order valence-electron chi connectivity index (χ4n) is 2.25. The van der Waals surface area contributed by atoms with Crippen LogP contribution in [-0.4, -0.2) is 40.0 Å². The smallest absolute Gasteiger partial charge is 0.356 e. The summed E-state index contributed by atoms with van der Waals surface area (Å²) in [5.41, 5.74) is 5.12. The van der Waals surface area contributed by atoms with E-state index in [2.05, 4.69) is 9.97 Å². The van der Waals surface area contributed by atoms with Gasteiger partial charge in [-0.05, 0) is 18.8 Å². The van der Waals surface area contributed by atoms with Crippen LogP contribution in [0.1, 0.15) is 29.8 Å². The Bertz CT molecular complexity index is 466. The molecule has 0 aromatic carbocycles. The minimum atomic E-state index is -1.08. The highest BCUT2D eigenvalue weighted by Crippen LogP contribution is 2.23. The van der Waals surface area contributed by atoms with Gasteiger partial charge in [-0.15, -0.1) is 0 Å². The third kappa shape index (κ3) is 3.40. The largest absolute Gasteiger partial charge is 0.476 e. The van der Waals surface area contributed by atoms with E-state index in [1.807, 2.05) is 4.90 Å². The van der Waals surface area contributed by atoms with Crippen molar-refractivity contribution in [3.63, 3.8) is 0 Å². The second-order valence-corrected chi connectivity index (χ2v) is 4.67. The number of carboxylic acids is 1. The molecule has 0 bridgehead atoms. The zero-order chi connectivity index (χ0) is 13.8. The number of nitrogens with zero attached hydrogens (tertiary/aromatic N) is 3. The zero-order valence-electron chi connectivity index (χ0n) is 10.5. The summed E-state index contributed by atoms with van der Waals surface area (Å²) in [6.45, 7) is 1.55. The van der Waals surface area contributed by atoms with Crippen LogP contribution in [0.25, 0.3) is 0 Å². The Hall–Kier alpha value is -2.18. The van der Waals surface area contributed by atoms with Crippen molar-refractivity contribution in [2.45, 2.75) is 19.3 Å². The maximum Gasteiger partial charge on any atom is 0.356 e. The van der Waals surface area contributed by atoms with E-state index in [4.69, 9.17) is 10.8 Å². The predicted octanol–water partition coefficient (Wildman–Crippen LogP) is 0.267. The van der Waals surface area contributed by atoms with Crippen molar-refractivity contribution in [1.82, 2.24) is 9.97 Å². The molecule has 7 heteroatoms. The van der Waals surface area contributed by atoms with Gasteiger partial charge < -0.3 is 15.7 Å². The molecular weight excluding hydrogens is 248 g/mol. The summed E-state index contributed by atoms with van der Waals surface area (Å²) >= 11 is 0. The molecule has 19 heavy (non-hydrogen) atoms. The first kappa shape index (κ1) is 13.3. The Morgan fingerprint density at radius 3 is 2.47 bits per heavy atom. The monoisotopic (exact) mass is 264 g/mol. The van der Waals surface area contributed by atoms with E-state index in [9.17, 15) is 9.59 Å². The van der Waals surface area contributed by atoms with Crippen LogP contribution in [-0.2, 0) is 4.79 Å². The lowest BCUT2D eigenvalue weighted by Gasteiger charge is -2.32. The van der Waals surface area contributed by atoms with Crippen LogP contribution < -0.4 is 10.6 Å². The third-order valence-corrected chi connectivity index (χ3v) is 3.29. The first-order valence-electron chi connectivity index (χ1n) is 6.15. The molecule has 7 nitrogen and oxygen atoms in total. The summed E-state index contributed by atoms with van der Waals surface area (Å²) in [5, 5.41) is 8.74. The van der Waals surface area contributed by atoms with Crippen molar-refractivity contribution in [3.8, 4) is 0 Å². The van der Waals surface area contributed by atoms with Crippen LogP contribution in [0.4, 0.5) is 5.82 Å². The summed E-state index contributed by atoms with van der Waals surface area (Å²) in [4.78, 5) is 31.5. The number of aromatic nitrogens is 2. The number of nitrogens with two attached hydrogens (primary N) is 1. The van der Waals surface area contributed by atoms with Gasteiger partial charge in [0.25, 0.3) is 0 Å². The molecule has 1 fully saturated rings. The molecule has 1 amide bonds. The Kier molecular flexibility index (Phi) is 3.94. The number of primary amides is 1. The molecule has 0 atom stereocenters. The van der Waals surface area contributed by atoms with Gasteiger partial charge >= 0.3 is 5.97 Å². The standard InChI is InChI=1S/C12H16N4O3/c13-10(17)5-8-1-3-16(4-2-8)11-7-14-9(6-15-11)12(18)19/h6-8H,1-5H2,(H2,13,17)(H,18,19). The van der Waals surface area contributed by atoms with Crippen molar-refractivity contribution < 1.29 is 14.7 Å². The summed E-state index contributed by atoms with van der Waals surface area (Å²) in [6.07, 6.45) is 4.92. The molecule has 0 radical (unpaired) electrons. The quantitative estimate of drug-likeness (QED) is 0.807. The summed E-state index contributed by atoms with van der Waals surface area (Å²) < 4.78 is 0. The van der Waals surface area contributed by atoms with Crippen LogP contribution in [0.15, 0.2) is 12.4 Å². The number of hydrogen-bond donors (Lipinski definition) is 2. The summed E-state index contributed by atoms with van der Waals surface area (Å²) in [6, 6.07) is 0. The lowest BCUT2D eigenvalue weighted by atomic mass is 9.93. The lowest BCUT2D eigenvalue weighted by molar-refractivity contribution is -0.119. The van der Waals surface area contributed by atoms with Crippen molar-refractivity contribution in [2.75, 3.05) is 18.0 Å². The molecule has 2 heterocycles. The highest BCUT2D eigenvalue weighted by Gasteiger charge is 2.21. The van der Waals surface area contributed by atoms with Crippen molar-refractivity contribution in [1.29, 1.82) is 0 Å². The number of aromatic carboxylic acids is 1.